The van der Waals surface area contributed by atoms with Crippen LogP contribution in [0.15, 0.2) is 48.5 Å². The number of nitrogens with zero attached hydrogens (tertiary/aromatic N) is 1. The molecule has 0 saturated carbocycles. The summed E-state index contributed by atoms with van der Waals surface area (Å²) in [5.74, 6) is -0.0328. The standard InChI is InChI=1S/C26H34ClN3O3/c1-18(2)24(29-25(32)22-7-3-21(17-31)4-8-22)26(33)28-15-19-11-13-30(14-12-19)16-20-5-9-23(27)10-6-20/h3-10,18-19,24,31H,11-17H2,1-2H3,(H,28,33)(H,29,32). The molecule has 178 valence electrons. The van der Waals surface area contributed by atoms with Crippen molar-refractivity contribution < 1.29 is 14.7 Å². The van der Waals surface area contributed by atoms with Crippen LogP contribution in [0.3, 0.4) is 0 Å². The first kappa shape index (κ1) is 25.2. The van der Waals surface area contributed by atoms with Crippen molar-refractivity contribution in [3.8, 4) is 0 Å². The molecule has 33 heavy (non-hydrogen) atoms. The van der Waals surface area contributed by atoms with Gasteiger partial charge < -0.3 is 15.7 Å². The van der Waals surface area contributed by atoms with E-state index < -0.39 is 6.04 Å². The summed E-state index contributed by atoms with van der Waals surface area (Å²) in [6.45, 7) is 7.31. The molecule has 0 aliphatic carbocycles. The molecule has 6 nitrogen and oxygen atoms in total. The number of amides is 2. The van der Waals surface area contributed by atoms with E-state index in [9.17, 15) is 9.59 Å². The monoisotopic (exact) mass is 471 g/mol. The van der Waals surface area contributed by atoms with E-state index in [0.29, 0.717) is 18.0 Å². The highest BCUT2D eigenvalue weighted by atomic mass is 35.5. The Hall–Kier alpha value is -2.41. The highest BCUT2D eigenvalue weighted by molar-refractivity contribution is 6.30. The fourth-order valence-electron chi connectivity index (χ4n) is 4.07. The number of halogens is 1. The Morgan fingerprint density at radius 3 is 2.21 bits per heavy atom. The number of piperidine rings is 1. The molecule has 1 fully saturated rings. The van der Waals surface area contributed by atoms with E-state index in [1.165, 1.54) is 5.56 Å². The maximum Gasteiger partial charge on any atom is 0.251 e. The molecule has 0 radical (unpaired) electrons. The zero-order chi connectivity index (χ0) is 23.8. The first-order valence-electron chi connectivity index (χ1n) is 11.6. The first-order valence-corrected chi connectivity index (χ1v) is 12.0. The summed E-state index contributed by atoms with van der Waals surface area (Å²) in [5.41, 5.74) is 2.47. The molecule has 1 unspecified atom stereocenters. The molecular formula is C26H34ClN3O3. The van der Waals surface area contributed by atoms with Crippen LogP contribution < -0.4 is 10.6 Å². The van der Waals surface area contributed by atoms with Crippen molar-refractivity contribution >= 4 is 23.4 Å². The van der Waals surface area contributed by atoms with Crippen LogP contribution in [0.25, 0.3) is 0 Å². The van der Waals surface area contributed by atoms with Gasteiger partial charge in [-0.2, -0.15) is 0 Å². The molecule has 0 bridgehead atoms. The lowest BCUT2D eigenvalue weighted by molar-refractivity contribution is -0.124. The molecule has 3 N–H and O–H groups in total. The lowest BCUT2D eigenvalue weighted by Crippen LogP contribution is -2.51. The maximum absolute atomic E-state index is 12.8. The van der Waals surface area contributed by atoms with Crippen molar-refractivity contribution in [2.75, 3.05) is 19.6 Å². The predicted molar refractivity (Wildman–Crippen MR) is 131 cm³/mol. The van der Waals surface area contributed by atoms with Crippen molar-refractivity contribution in [3.63, 3.8) is 0 Å². The zero-order valence-corrected chi connectivity index (χ0v) is 20.1. The summed E-state index contributed by atoms with van der Waals surface area (Å²) < 4.78 is 0. The van der Waals surface area contributed by atoms with Gasteiger partial charge in [0.2, 0.25) is 5.91 Å². The lowest BCUT2D eigenvalue weighted by atomic mass is 9.95. The number of likely N-dealkylation sites (tertiary alicyclic amines) is 1. The van der Waals surface area contributed by atoms with Gasteiger partial charge in [0.05, 0.1) is 6.61 Å². The lowest BCUT2D eigenvalue weighted by Gasteiger charge is -2.32. The molecule has 0 spiro atoms. The van der Waals surface area contributed by atoms with Gasteiger partial charge in [0.15, 0.2) is 0 Å². The van der Waals surface area contributed by atoms with Gasteiger partial charge in [-0.1, -0.05) is 49.7 Å². The van der Waals surface area contributed by atoms with Crippen LogP contribution in [0.1, 0.15) is 48.2 Å². The van der Waals surface area contributed by atoms with Crippen molar-refractivity contribution in [3.05, 3.63) is 70.2 Å². The minimum absolute atomic E-state index is 0.0353. The minimum atomic E-state index is -0.597. The van der Waals surface area contributed by atoms with Gasteiger partial charge in [-0.15, -0.1) is 0 Å². The van der Waals surface area contributed by atoms with Crippen LogP contribution in [0.5, 0.6) is 0 Å². The molecule has 3 rings (SSSR count). The molecule has 1 aliphatic heterocycles. The fraction of sp³-hybridized carbons (Fsp3) is 0.462. The number of nitrogens with one attached hydrogen (secondary N) is 2. The predicted octanol–water partition coefficient (Wildman–Crippen LogP) is 3.62. The average molecular weight is 472 g/mol. The van der Waals surface area contributed by atoms with Crippen LogP contribution in [0.2, 0.25) is 5.02 Å². The summed E-state index contributed by atoms with van der Waals surface area (Å²) in [7, 11) is 0. The molecule has 0 aromatic heterocycles. The number of rotatable bonds is 9. The average Bonchev–Trinajstić information content (AvgIpc) is 2.83. The van der Waals surface area contributed by atoms with E-state index in [0.717, 1.165) is 43.1 Å². The third kappa shape index (κ3) is 7.56. The topological polar surface area (TPSA) is 81.7 Å². The number of carbonyl (C=O) groups excluding carboxylic acids is 2. The SMILES string of the molecule is CC(C)C(NC(=O)c1ccc(CO)cc1)C(=O)NCC1CCN(Cc2ccc(Cl)cc2)CC1. The van der Waals surface area contributed by atoms with Crippen LogP contribution in [-0.4, -0.2) is 47.5 Å². The number of carbonyl (C=O) groups is 2. The normalized spacial score (nSPS) is 15.9. The van der Waals surface area contributed by atoms with E-state index in [2.05, 4.69) is 27.7 Å². The Morgan fingerprint density at radius 2 is 1.64 bits per heavy atom. The number of benzene rings is 2. The quantitative estimate of drug-likeness (QED) is 0.521. The minimum Gasteiger partial charge on any atom is -0.392 e. The Morgan fingerprint density at radius 1 is 1.03 bits per heavy atom. The van der Waals surface area contributed by atoms with Gasteiger partial charge in [0, 0.05) is 23.7 Å². The molecule has 1 aliphatic rings. The van der Waals surface area contributed by atoms with E-state index in [1.54, 1.807) is 24.3 Å². The summed E-state index contributed by atoms with van der Waals surface area (Å²) >= 11 is 5.97. The van der Waals surface area contributed by atoms with Gasteiger partial charge in [0.25, 0.3) is 5.91 Å². The van der Waals surface area contributed by atoms with E-state index in [-0.39, 0.29) is 24.3 Å². The summed E-state index contributed by atoms with van der Waals surface area (Å²) in [6.07, 6.45) is 2.06. The van der Waals surface area contributed by atoms with E-state index in [1.807, 2.05) is 26.0 Å². The molecular weight excluding hydrogens is 438 g/mol. The second-order valence-corrected chi connectivity index (χ2v) is 9.58. The number of hydrogen-bond acceptors (Lipinski definition) is 4. The molecule has 1 heterocycles. The molecule has 2 amide bonds. The molecule has 2 aromatic carbocycles. The zero-order valence-electron chi connectivity index (χ0n) is 19.4. The van der Waals surface area contributed by atoms with Crippen molar-refractivity contribution in [1.82, 2.24) is 15.5 Å². The summed E-state index contributed by atoms with van der Waals surface area (Å²) in [4.78, 5) is 27.9. The highest BCUT2D eigenvalue weighted by Crippen LogP contribution is 2.19. The Labute approximate surface area is 201 Å². The molecule has 1 saturated heterocycles. The van der Waals surface area contributed by atoms with Gasteiger partial charge in [-0.25, -0.2) is 0 Å². The molecule has 7 heteroatoms. The summed E-state index contributed by atoms with van der Waals surface area (Å²) in [5, 5.41) is 15.8. The number of aliphatic hydroxyl groups excluding tert-OH is 1. The Balaban J connectivity index is 1.44. The van der Waals surface area contributed by atoms with Gasteiger partial charge in [0.1, 0.15) is 6.04 Å². The van der Waals surface area contributed by atoms with Crippen molar-refractivity contribution in [2.24, 2.45) is 11.8 Å². The fourth-order valence-corrected chi connectivity index (χ4v) is 4.20. The van der Waals surface area contributed by atoms with Crippen LogP contribution in [-0.2, 0) is 17.9 Å². The number of hydrogen-bond donors (Lipinski definition) is 3. The highest BCUT2D eigenvalue weighted by Gasteiger charge is 2.26. The third-order valence-electron chi connectivity index (χ3n) is 6.23. The maximum atomic E-state index is 12.8. The van der Waals surface area contributed by atoms with Crippen LogP contribution >= 0.6 is 11.6 Å². The van der Waals surface area contributed by atoms with Crippen molar-refractivity contribution in [2.45, 2.75) is 45.9 Å². The first-order chi connectivity index (χ1) is 15.9. The van der Waals surface area contributed by atoms with Gasteiger partial charge in [-0.3, -0.25) is 14.5 Å². The van der Waals surface area contributed by atoms with Crippen LogP contribution in [0, 0.1) is 11.8 Å². The summed E-state index contributed by atoms with van der Waals surface area (Å²) in [6, 6.07) is 14.1. The second kappa shape index (κ2) is 12.2. The Bertz CT molecular complexity index is 907. The number of aliphatic hydroxyl groups is 1. The molecule has 1 atom stereocenters. The third-order valence-corrected chi connectivity index (χ3v) is 6.48. The molecule has 2 aromatic rings. The smallest absolute Gasteiger partial charge is 0.251 e. The second-order valence-electron chi connectivity index (χ2n) is 9.14. The van der Waals surface area contributed by atoms with Crippen molar-refractivity contribution in [1.29, 1.82) is 0 Å². The largest absolute Gasteiger partial charge is 0.392 e. The van der Waals surface area contributed by atoms with E-state index >= 15 is 0 Å². The Kier molecular flexibility index (Phi) is 9.30. The van der Waals surface area contributed by atoms with Crippen LogP contribution in [0.4, 0.5) is 0 Å². The van der Waals surface area contributed by atoms with Gasteiger partial charge >= 0.3 is 0 Å². The van der Waals surface area contributed by atoms with E-state index in [4.69, 9.17) is 16.7 Å². The van der Waals surface area contributed by atoms with Gasteiger partial charge in [-0.05, 0) is 73.2 Å².